The lowest BCUT2D eigenvalue weighted by molar-refractivity contribution is -0.127. The number of aryl methyl sites for hydroxylation is 1. The van der Waals surface area contributed by atoms with E-state index in [4.69, 9.17) is 0 Å². The van der Waals surface area contributed by atoms with E-state index in [2.05, 4.69) is 10.4 Å². The lowest BCUT2D eigenvalue weighted by Gasteiger charge is -2.37. The van der Waals surface area contributed by atoms with Gasteiger partial charge in [-0.15, -0.1) is 0 Å². The fourth-order valence-electron chi connectivity index (χ4n) is 4.04. The zero-order valence-electron chi connectivity index (χ0n) is 15.1. The molecule has 2 saturated carbocycles. The van der Waals surface area contributed by atoms with E-state index in [1.54, 1.807) is 16.8 Å². The molecule has 6 heteroatoms. The van der Waals surface area contributed by atoms with Gasteiger partial charge in [-0.25, -0.2) is 8.78 Å². The summed E-state index contributed by atoms with van der Waals surface area (Å²) in [4.78, 5) is 12.5. The number of benzene rings is 1. The number of carbonyl (C=O) groups is 1. The minimum atomic E-state index is -1.23. The molecule has 0 aliphatic heterocycles. The van der Waals surface area contributed by atoms with Gasteiger partial charge in [0.05, 0.1) is 5.69 Å². The molecule has 0 radical (unpaired) electrons. The minimum Gasteiger partial charge on any atom is -0.309 e. The second kappa shape index (κ2) is 6.18. The second-order valence-electron chi connectivity index (χ2n) is 7.88. The Bertz CT molecular complexity index is 829. The van der Waals surface area contributed by atoms with E-state index in [1.807, 2.05) is 7.05 Å². The minimum absolute atomic E-state index is 0.163. The number of aromatic nitrogens is 2. The van der Waals surface area contributed by atoms with Crippen molar-refractivity contribution in [3.8, 4) is 11.3 Å². The normalized spacial score (nSPS) is 25.5. The second-order valence-corrected chi connectivity index (χ2v) is 7.88. The largest absolute Gasteiger partial charge is 0.309 e. The molecule has 0 saturated heterocycles. The summed E-state index contributed by atoms with van der Waals surface area (Å²) in [5.74, 6) is 0.162. The quantitative estimate of drug-likeness (QED) is 0.869. The summed E-state index contributed by atoms with van der Waals surface area (Å²) in [6, 6.07) is 6.34. The van der Waals surface area contributed by atoms with Crippen LogP contribution >= 0.6 is 0 Å². The molecule has 4 nitrogen and oxygen atoms in total. The van der Waals surface area contributed by atoms with Crippen LogP contribution in [0.2, 0.25) is 0 Å². The molecule has 138 valence electrons. The monoisotopic (exact) mass is 359 g/mol. The van der Waals surface area contributed by atoms with Crippen LogP contribution in [0.4, 0.5) is 14.6 Å². The Hall–Kier alpha value is -2.24. The summed E-state index contributed by atoms with van der Waals surface area (Å²) in [7, 11) is 1.83. The average Bonchev–Trinajstić information content (AvgIpc) is 2.80. The van der Waals surface area contributed by atoms with Gasteiger partial charge in [0.15, 0.2) is 5.82 Å². The molecule has 1 N–H and O–H groups in total. The van der Waals surface area contributed by atoms with Crippen LogP contribution < -0.4 is 5.32 Å². The highest BCUT2D eigenvalue weighted by Crippen LogP contribution is 2.46. The Morgan fingerprint density at radius 2 is 1.92 bits per heavy atom. The molecule has 1 heterocycles. The zero-order chi connectivity index (χ0) is 18.5. The number of nitrogens with one attached hydrogen (secondary N) is 1. The molecule has 26 heavy (non-hydrogen) atoms. The standard InChI is InChI=1S/C20H23F2N3O/c1-20(22)10-14(11-20)19(26)23-18-16(12-4-3-5-12)17(25(2)24-18)13-6-8-15(21)9-7-13/h6-9,12,14H,3-5,10-11H2,1-2H3,(H,23,24,26). The molecule has 2 aliphatic rings. The maximum absolute atomic E-state index is 13.7. The Balaban J connectivity index is 1.65. The lowest BCUT2D eigenvalue weighted by Crippen LogP contribution is -2.43. The van der Waals surface area contributed by atoms with E-state index in [0.717, 1.165) is 36.1 Å². The van der Waals surface area contributed by atoms with Crippen LogP contribution in [0.25, 0.3) is 11.3 Å². The van der Waals surface area contributed by atoms with Gasteiger partial charge in [-0.2, -0.15) is 5.10 Å². The fraction of sp³-hybridized carbons (Fsp3) is 0.500. The molecule has 1 aromatic heterocycles. The van der Waals surface area contributed by atoms with Crippen LogP contribution in [0.15, 0.2) is 24.3 Å². The predicted octanol–water partition coefficient (Wildman–Crippen LogP) is 4.57. The summed E-state index contributed by atoms with van der Waals surface area (Å²) in [5.41, 5.74) is 1.57. The smallest absolute Gasteiger partial charge is 0.228 e. The van der Waals surface area contributed by atoms with E-state index in [1.165, 1.54) is 19.1 Å². The number of hydrogen-bond acceptors (Lipinski definition) is 2. The molecule has 1 aromatic carbocycles. The summed E-state index contributed by atoms with van der Waals surface area (Å²) in [6.45, 7) is 1.53. The molecule has 0 unspecified atom stereocenters. The predicted molar refractivity (Wildman–Crippen MR) is 96.1 cm³/mol. The van der Waals surface area contributed by atoms with E-state index in [0.29, 0.717) is 11.7 Å². The Morgan fingerprint density at radius 1 is 1.27 bits per heavy atom. The van der Waals surface area contributed by atoms with Crippen molar-refractivity contribution >= 4 is 11.7 Å². The number of rotatable bonds is 4. The van der Waals surface area contributed by atoms with Gasteiger partial charge in [0.25, 0.3) is 0 Å². The van der Waals surface area contributed by atoms with Crippen LogP contribution in [0.1, 0.15) is 50.5 Å². The molecular formula is C20H23F2N3O. The third-order valence-electron chi connectivity index (χ3n) is 5.67. The Kier molecular flexibility index (Phi) is 4.09. The van der Waals surface area contributed by atoms with Gasteiger partial charge in [0.1, 0.15) is 11.5 Å². The first-order valence-corrected chi connectivity index (χ1v) is 9.17. The van der Waals surface area contributed by atoms with Gasteiger partial charge in [-0.1, -0.05) is 6.42 Å². The fourth-order valence-corrected chi connectivity index (χ4v) is 4.04. The molecule has 4 rings (SSSR count). The molecule has 2 aliphatic carbocycles. The lowest BCUT2D eigenvalue weighted by atomic mass is 9.73. The van der Waals surface area contributed by atoms with Gasteiger partial charge in [0, 0.05) is 24.1 Å². The number of nitrogens with zero attached hydrogens (tertiary/aromatic N) is 2. The van der Waals surface area contributed by atoms with Crippen LogP contribution in [-0.4, -0.2) is 21.4 Å². The van der Waals surface area contributed by atoms with Crippen LogP contribution in [0.5, 0.6) is 0 Å². The first-order chi connectivity index (χ1) is 12.3. The average molecular weight is 359 g/mol. The van der Waals surface area contributed by atoms with Crippen molar-refractivity contribution in [2.45, 2.75) is 50.6 Å². The maximum atomic E-state index is 13.7. The van der Waals surface area contributed by atoms with Crippen LogP contribution in [0.3, 0.4) is 0 Å². The van der Waals surface area contributed by atoms with Crippen LogP contribution in [-0.2, 0) is 11.8 Å². The molecular weight excluding hydrogens is 336 g/mol. The van der Waals surface area contributed by atoms with Crippen molar-refractivity contribution in [2.75, 3.05) is 5.32 Å². The number of anilines is 1. The Labute approximate surface area is 151 Å². The molecule has 0 atom stereocenters. The van der Waals surface area contributed by atoms with Crippen LogP contribution in [0, 0.1) is 11.7 Å². The van der Waals surface area contributed by atoms with E-state index >= 15 is 0 Å². The number of carbonyl (C=O) groups excluding carboxylic acids is 1. The van der Waals surface area contributed by atoms with Crippen molar-refractivity contribution in [1.82, 2.24) is 9.78 Å². The topological polar surface area (TPSA) is 46.9 Å². The van der Waals surface area contributed by atoms with E-state index in [9.17, 15) is 13.6 Å². The zero-order valence-corrected chi connectivity index (χ0v) is 15.1. The summed E-state index contributed by atoms with van der Waals surface area (Å²) in [6.07, 6.45) is 3.77. The van der Waals surface area contributed by atoms with E-state index < -0.39 is 5.67 Å². The summed E-state index contributed by atoms with van der Waals surface area (Å²) in [5, 5.41) is 7.46. The van der Waals surface area contributed by atoms with Gasteiger partial charge >= 0.3 is 0 Å². The molecule has 0 bridgehead atoms. The highest BCUT2D eigenvalue weighted by Gasteiger charge is 2.44. The van der Waals surface area contributed by atoms with Crippen molar-refractivity contribution in [2.24, 2.45) is 13.0 Å². The third kappa shape index (κ3) is 3.02. The molecule has 0 spiro atoms. The Morgan fingerprint density at radius 3 is 2.46 bits per heavy atom. The van der Waals surface area contributed by atoms with Gasteiger partial charge < -0.3 is 5.32 Å². The summed E-state index contributed by atoms with van der Waals surface area (Å²) < 4.78 is 28.8. The summed E-state index contributed by atoms with van der Waals surface area (Å²) >= 11 is 0. The highest BCUT2D eigenvalue weighted by molar-refractivity contribution is 5.94. The first kappa shape index (κ1) is 17.2. The van der Waals surface area contributed by atoms with E-state index in [-0.39, 0.29) is 30.5 Å². The SMILES string of the molecule is Cn1nc(NC(=O)C2CC(C)(F)C2)c(C2CCC2)c1-c1ccc(F)cc1. The van der Waals surface area contributed by atoms with Gasteiger partial charge in [-0.05, 0) is 62.8 Å². The van der Waals surface area contributed by atoms with Gasteiger partial charge in [-0.3, -0.25) is 9.48 Å². The highest BCUT2D eigenvalue weighted by atomic mass is 19.1. The maximum Gasteiger partial charge on any atom is 0.228 e. The number of amides is 1. The molecule has 2 aromatic rings. The molecule has 1 amide bonds. The van der Waals surface area contributed by atoms with Crippen molar-refractivity contribution in [1.29, 1.82) is 0 Å². The van der Waals surface area contributed by atoms with Crippen molar-refractivity contribution < 1.29 is 13.6 Å². The number of hydrogen-bond donors (Lipinski definition) is 1. The van der Waals surface area contributed by atoms with Gasteiger partial charge in [0.2, 0.25) is 5.91 Å². The van der Waals surface area contributed by atoms with Crippen molar-refractivity contribution in [3.63, 3.8) is 0 Å². The first-order valence-electron chi connectivity index (χ1n) is 9.17. The van der Waals surface area contributed by atoms with Crippen molar-refractivity contribution in [3.05, 3.63) is 35.6 Å². The number of halogens is 2. The third-order valence-corrected chi connectivity index (χ3v) is 5.67. The molecule has 2 fully saturated rings. The number of alkyl halides is 1.